The number of ketones is 1. The number of carbonyl (C=O) groups excluding carboxylic acids is 1. The molecule has 0 radical (unpaired) electrons. The molecule has 26 heavy (non-hydrogen) atoms. The third-order valence-corrected chi connectivity index (χ3v) is 8.50. The molecule has 2 aromatic carbocycles. The SMILES string of the molecule is CC12CCC(C(S(=O)(=O)Oc3ccc4ccccc4c3N)C1=O)C2(C)C. The van der Waals surface area contributed by atoms with Crippen LogP contribution < -0.4 is 9.92 Å². The summed E-state index contributed by atoms with van der Waals surface area (Å²) in [7, 11) is -4.12. The van der Waals surface area contributed by atoms with E-state index in [9.17, 15) is 13.2 Å². The van der Waals surface area contributed by atoms with Crippen LogP contribution in [-0.2, 0) is 14.9 Å². The Hall–Kier alpha value is -2.08. The van der Waals surface area contributed by atoms with Crippen LogP contribution in [0.4, 0.5) is 5.69 Å². The van der Waals surface area contributed by atoms with Crippen LogP contribution in [0, 0.1) is 16.7 Å². The van der Waals surface area contributed by atoms with Crippen molar-refractivity contribution in [2.45, 2.75) is 38.9 Å². The number of nitrogen functional groups attached to an aromatic ring is 1. The van der Waals surface area contributed by atoms with E-state index in [1.165, 1.54) is 0 Å². The second-order valence-corrected chi connectivity index (χ2v) is 9.92. The van der Waals surface area contributed by atoms with E-state index in [0.29, 0.717) is 0 Å². The van der Waals surface area contributed by atoms with Crippen LogP contribution in [0.25, 0.3) is 10.8 Å². The molecule has 0 saturated heterocycles. The molecule has 2 N–H and O–H groups in total. The number of Topliss-reactive ketones (excluding diaryl/α,β-unsaturated/α-hetero) is 1. The fraction of sp³-hybridized carbons (Fsp3) is 0.450. The molecule has 0 spiro atoms. The zero-order chi connectivity index (χ0) is 18.9. The number of hydrogen-bond donors (Lipinski definition) is 1. The fourth-order valence-electron chi connectivity index (χ4n) is 4.86. The Morgan fingerprint density at radius 1 is 1.12 bits per heavy atom. The van der Waals surface area contributed by atoms with Gasteiger partial charge in [0.1, 0.15) is 0 Å². The summed E-state index contributed by atoms with van der Waals surface area (Å²) in [4.78, 5) is 12.9. The number of fused-ring (bicyclic) bond motifs is 3. The normalized spacial score (nSPS) is 30.0. The first-order valence-corrected chi connectivity index (χ1v) is 10.3. The monoisotopic (exact) mass is 373 g/mol. The first kappa shape index (κ1) is 17.3. The first-order valence-electron chi connectivity index (χ1n) is 8.84. The van der Waals surface area contributed by atoms with Crippen LogP contribution in [0.3, 0.4) is 0 Å². The summed E-state index contributed by atoms with van der Waals surface area (Å²) >= 11 is 0. The summed E-state index contributed by atoms with van der Waals surface area (Å²) in [5.41, 5.74) is 5.43. The van der Waals surface area contributed by atoms with Crippen molar-refractivity contribution in [2.24, 2.45) is 16.7 Å². The van der Waals surface area contributed by atoms with Crippen LogP contribution >= 0.6 is 0 Å². The van der Waals surface area contributed by atoms with Gasteiger partial charge < -0.3 is 9.92 Å². The number of benzene rings is 2. The molecule has 0 amide bonds. The van der Waals surface area contributed by atoms with Gasteiger partial charge in [-0.05, 0) is 35.6 Å². The zero-order valence-corrected chi connectivity index (χ0v) is 16.0. The number of hydrogen-bond acceptors (Lipinski definition) is 5. The molecule has 4 rings (SSSR count). The lowest BCUT2D eigenvalue weighted by Crippen LogP contribution is -2.41. The molecular formula is C20H23NO4S. The van der Waals surface area contributed by atoms with E-state index in [2.05, 4.69) is 0 Å². The van der Waals surface area contributed by atoms with Gasteiger partial charge in [-0.2, -0.15) is 8.42 Å². The summed E-state index contributed by atoms with van der Waals surface area (Å²) in [6.07, 6.45) is 1.45. The molecule has 3 atom stereocenters. The van der Waals surface area contributed by atoms with E-state index in [0.717, 1.165) is 23.6 Å². The molecule has 2 bridgehead atoms. The quantitative estimate of drug-likeness (QED) is 0.657. The van der Waals surface area contributed by atoms with Gasteiger partial charge in [-0.3, -0.25) is 4.79 Å². The van der Waals surface area contributed by atoms with Gasteiger partial charge in [0.05, 0.1) is 5.69 Å². The lowest BCUT2D eigenvalue weighted by Gasteiger charge is -2.32. The van der Waals surface area contributed by atoms with Gasteiger partial charge in [-0.25, -0.2) is 0 Å². The maximum absolute atomic E-state index is 13.0. The zero-order valence-electron chi connectivity index (χ0n) is 15.2. The fourth-order valence-corrected chi connectivity index (χ4v) is 6.76. The van der Waals surface area contributed by atoms with Crippen molar-refractivity contribution in [3.8, 4) is 5.75 Å². The maximum Gasteiger partial charge on any atom is 0.319 e. The Bertz CT molecular complexity index is 1030. The third-order valence-electron chi connectivity index (χ3n) is 6.92. The van der Waals surface area contributed by atoms with Gasteiger partial charge in [0.25, 0.3) is 0 Å². The highest BCUT2D eigenvalue weighted by Crippen LogP contribution is 2.65. The second-order valence-electron chi connectivity index (χ2n) is 8.26. The topological polar surface area (TPSA) is 86.5 Å². The maximum atomic E-state index is 13.0. The molecule has 2 fully saturated rings. The van der Waals surface area contributed by atoms with E-state index in [1.54, 1.807) is 12.1 Å². The molecule has 0 aromatic heterocycles. The molecule has 2 aliphatic carbocycles. The van der Waals surface area contributed by atoms with Gasteiger partial charge in [-0.15, -0.1) is 0 Å². The second kappa shape index (κ2) is 5.22. The molecule has 3 unspecified atom stereocenters. The average molecular weight is 373 g/mol. The third kappa shape index (κ3) is 2.08. The van der Waals surface area contributed by atoms with Gasteiger partial charge in [0, 0.05) is 10.8 Å². The van der Waals surface area contributed by atoms with E-state index >= 15 is 0 Å². The highest BCUT2D eigenvalue weighted by molar-refractivity contribution is 7.88. The number of rotatable bonds is 3. The van der Waals surface area contributed by atoms with E-state index in [-0.39, 0.29) is 28.6 Å². The molecule has 0 heterocycles. The number of anilines is 1. The van der Waals surface area contributed by atoms with Crippen LogP contribution in [0.15, 0.2) is 36.4 Å². The minimum atomic E-state index is -4.12. The average Bonchev–Trinajstić information content (AvgIpc) is 2.90. The highest BCUT2D eigenvalue weighted by atomic mass is 32.2. The van der Waals surface area contributed by atoms with Crippen molar-refractivity contribution in [3.05, 3.63) is 36.4 Å². The highest BCUT2D eigenvalue weighted by Gasteiger charge is 2.70. The molecular weight excluding hydrogens is 350 g/mol. The van der Waals surface area contributed by atoms with Crippen LogP contribution in [0.5, 0.6) is 5.75 Å². The molecule has 6 heteroatoms. The summed E-state index contributed by atoms with van der Waals surface area (Å²) in [5, 5.41) is 0.508. The van der Waals surface area contributed by atoms with Gasteiger partial charge in [-0.1, -0.05) is 51.1 Å². The number of carbonyl (C=O) groups is 1. The predicted octanol–water partition coefficient (Wildman–Crippen LogP) is 3.52. The summed E-state index contributed by atoms with van der Waals surface area (Å²) in [5.74, 6) is -0.368. The van der Waals surface area contributed by atoms with Gasteiger partial charge >= 0.3 is 10.1 Å². The Labute approximate surface area is 153 Å². The molecule has 0 aliphatic heterocycles. The predicted molar refractivity (Wildman–Crippen MR) is 101 cm³/mol. The van der Waals surface area contributed by atoms with Crippen molar-refractivity contribution >= 4 is 32.4 Å². The molecule has 2 aromatic rings. The first-order chi connectivity index (χ1) is 12.1. The smallest absolute Gasteiger partial charge is 0.319 e. The lowest BCUT2D eigenvalue weighted by atomic mass is 9.70. The van der Waals surface area contributed by atoms with Crippen molar-refractivity contribution in [3.63, 3.8) is 0 Å². The van der Waals surface area contributed by atoms with Crippen LogP contribution in [0.1, 0.15) is 33.6 Å². The van der Waals surface area contributed by atoms with Gasteiger partial charge in [0.15, 0.2) is 16.8 Å². The van der Waals surface area contributed by atoms with Crippen molar-refractivity contribution in [1.29, 1.82) is 0 Å². The van der Waals surface area contributed by atoms with E-state index in [1.807, 2.05) is 45.0 Å². The van der Waals surface area contributed by atoms with E-state index < -0.39 is 20.8 Å². The van der Waals surface area contributed by atoms with Crippen LogP contribution in [0.2, 0.25) is 0 Å². The minimum Gasteiger partial charge on any atom is -0.395 e. The molecule has 2 saturated carbocycles. The summed E-state index contributed by atoms with van der Waals surface area (Å²) < 4.78 is 31.5. The Kier molecular flexibility index (Phi) is 3.48. The lowest BCUT2D eigenvalue weighted by molar-refractivity contribution is -0.128. The Balaban J connectivity index is 1.73. The minimum absolute atomic E-state index is 0.0854. The van der Waals surface area contributed by atoms with E-state index in [4.69, 9.17) is 9.92 Å². The van der Waals surface area contributed by atoms with Crippen molar-refractivity contribution < 1.29 is 17.4 Å². The van der Waals surface area contributed by atoms with Crippen LogP contribution in [-0.4, -0.2) is 19.5 Å². The summed E-state index contributed by atoms with van der Waals surface area (Å²) in [6.45, 7) is 5.86. The van der Waals surface area contributed by atoms with Gasteiger partial charge in [0.2, 0.25) is 0 Å². The van der Waals surface area contributed by atoms with Crippen molar-refractivity contribution in [1.82, 2.24) is 0 Å². The Morgan fingerprint density at radius 2 is 1.81 bits per heavy atom. The largest absolute Gasteiger partial charge is 0.395 e. The standard InChI is InChI=1S/C20H23NO4S/c1-19(2)14-10-11-20(19,3)18(22)17(14)26(23,24)25-15-9-8-12-6-4-5-7-13(12)16(15)21/h4-9,14,17H,10-11,21H2,1-3H3. The van der Waals surface area contributed by atoms with Crippen molar-refractivity contribution in [2.75, 3.05) is 5.73 Å². The molecule has 138 valence electrons. The number of nitrogens with two attached hydrogens (primary N) is 1. The molecule has 5 nitrogen and oxygen atoms in total. The Morgan fingerprint density at radius 3 is 2.46 bits per heavy atom. The molecule has 2 aliphatic rings. The summed E-state index contributed by atoms with van der Waals surface area (Å²) in [6, 6.07) is 10.8.